The first-order valence-electron chi connectivity index (χ1n) is 7.70. The summed E-state index contributed by atoms with van der Waals surface area (Å²) in [6.45, 7) is 0.785. The van der Waals surface area contributed by atoms with Gasteiger partial charge in [-0.1, -0.05) is 6.07 Å². The Kier molecular flexibility index (Phi) is 4.50. The minimum Gasteiger partial charge on any atom is -0.493 e. The maximum atomic E-state index is 12.3. The lowest BCUT2D eigenvalue weighted by atomic mass is 10.1. The average molecular weight is 315 g/mol. The molecule has 2 heterocycles. The van der Waals surface area contributed by atoms with Gasteiger partial charge in [-0.3, -0.25) is 4.79 Å². The fourth-order valence-corrected chi connectivity index (χ4v) is 2.94. The van der Waals surface area contributed by atoms with Crippen LogP contribution in [-0.4, -0.2) is 35.7 Å². The predicted molar refractivity (Wildman–Crippen MR) is 85.7 cm³/mol. The first-order valence-corrected chi connectivity index (χ1v) is 7.70. The molecule has 122 valence electrons. The van der Waals surface area contributed by atoms with Crippen molar-refractivity contribution in [3.8, 4) is 11.5 Å². The van der Waals surface area contributed by atoms with E-state index in [9.17, 15) is 4.79 Å². The zero-order chi connectivity index (χ0) is 16.2. The van der Waals surface area contributed by atoms with Crippen LogP contribution in [-0.2, 0) is 24.2 Å². The number of hydrogen-bond donors (Lipinski definition) is 1. The summed E-state index contributed by atoms with van der Waals surface area (Å²) in [6.07, 6.45) is 5.92. The van der Waals surface area contributed by atoms with Gasteiger partial charge in [0, 0.05) is 31.4 Å². The molecule has 2 aromatic rings. The van der Waals surface area contributed by atoms with E-state index in [-0.39, 0.29) is 11.9 Å². The van der Waals surface area contributed by atoms with E-state index in [2.05, 4.69) is 14.9 Å². The van der Waals surface area contributed by atoms with Crippen LogP contribution in [0.3, 0.4) is 0 Å². The number of hydrogen-bond acceptors (Lipinski definition) is 4. The van der Waals surface area contributed by atoms with Crippen molar-refractivity contribution in [2.75, 3.05) is 14.2 Å². The summed E-state index contributed by atoms with van der Waals surface area (Å²) in [4.78, 5) is 16.6. The Morgan fingerprint density at radius 2 is 2.17 bits per heavy atom. The van der Waals surface area contributed by atoms with E-state index in [0.717, 1.165) is 30.8 Å². The number of fused-ring (bicyclic) bond motifs is 1. The number of nitrogens with zero attached hydrogens (tertiary/aromatic N) is 2. The van der Waals surface area contributed by atoms with Gasteiger partial charge in [0.15, 0.2) is 11.5 Å². The highest BCUT2D eigenvalue weighted by Gasteiger charge is 2.20. The number of carbonyl (C=O) groups excluding carboxylic acids is 1. The molecule has 0 aliphatic carbocycles. The van der Waals surface area contributed by atoms with Crippen molar-refractivity contribution in [1.82, 2.24) is 14.9 Å². The van der Waals surface area contributed by atoms with Gasteiger partial charge in [-0.15, -0.1) is 0 Å². The van der Waals surface area contributed by atoms with E-state index in [1.807, 2.05) is 30.6 Å². The Morgan fingerprint density at radius 3 is 2.96 bits per heavy atom. The van der Waals surface area contributed by atoms with Crippen molar-refractivity contribution in [3.63, 3.8) is 0 Å². The van der Waals surface area contributed by atoms with Crippen LogP contribution in [0.15, 0.2) is 30.6 Å². The van der Waals surface area contributed by atoms with Gasteiger partial charge in [-0.25, -0.2) is 4.98 Å². The van der Waals surface area contributed by atoms with Gasteiger partial charge in [0.1, 0.15) is 5.82 Å². The molecule has 0 saturated carbocycles. The van der Waals surface area contributed by atoms with Crippen molar-refractivity contribution in [2.45, 2.75) is 31.8 Å². The molecule has 6 heteroatoms. The second kappa shape index (κ2) is 6.73. The molecule has 1 aromatic carbocycles. The first kappa shape index (κ1) is 15.4. The quantitative estimate of drug-likeness (QED) is 0.910. The van der Waals surface area contributed by atoms with Gasteiger partial charge in [0.05, 0.1) is 20.6 Å². The van der Waals surface area contributed by atoms with Gasteiger partial charge in [-0.05, 0) is 24.1 Å². The van der Waals surface area contributed by atoms with Crippen LogP contribution < -0.4 is 14.8 Å². The molecule has 0 saturated heterocycles. The monoisotopic (exact) mass is 315 g/mol. The van der Waals surface area contributed by atoms with Crippen molar-refractivity contribution in [3.05, 3.63) is 42.0 Å². The summed E-state index contributed by atoms with van der Waals surface area (Å²) in [5, 5.41) is 3.10. The number of benzene rings is 1. The molecule has 0 fully saturated rings. The standard InChI is InChI=1S/C17H21N3O3/c1-22-14-5-3-12(9-15(14)23-2)10-17(21)19-13-4-6-16-18-7-8-20(16)11-13/h3,5,7-9,13H,4,6,10-11H2,1-2H3,(H,19,21)/t13-/m1/s1. The van der Waals surface area contributed by atoms with Gasteiger partial charge < -0.3 is 19.4 Å². The summed E-state index contributed by atoms with van der Waals surface area (Å²) in [6, 6.07) is 5.70. The SMILES string of the molecule is COc1ccc(CC(=O)N[C@@H]2CCc3nccn3C2)cc1OC. The highest BCUT2D eigenvalue weighted by Crippen LogP contribution is 2.27. The van der Waals surface area contributed by atoms with E-state index in [1.54, 1.807) is 14.2 Å². The van der Waals surface area contributed by atoms with Crippen LogP contribution in [0.25, 0.3) is 0 Å². The van der Waals surface area contributed by atoms with Crippen LogP contribution in [0, 0.1) is 0 Å². The number of aryl methyl sites for hydroxylation is 1. The lowest BCUT2D eigenvalue weighted by Crippen LogP contribution is -2.41. The molecule has 0 radical (unpaired) electrons. The highest BCUT2D eigenvalue weighted by atomic mass is 16.5. The van der Waals surface area contributed by atoms with Crippen LogP contribution in [0.1, 0.15) is 17.8 Å². The summed E-state index contributed by atoms with van der Waals surface area (Å²) >= 11 is 0. The normalized spacial score (nSPS) is 16.5. The van der Waals surface area contributed by atoms with Gasteiger partial charge >= 0.3 is 0 Å². The van der Waals surface area contributed by atoms with Crippen LogP contribution >= 0.6 is 0 Å². The molecule has 1 aliphatic rings. The van der Waals surface area contributed by atoms with E-state index in [4.69, 9.17) is 9.47 Å². The molecule has 1 amide bonds. The molecule has 1 aromatic heterocycles. The van der Waals surface area contributed by atoms with E-state index in [0.29, 0.717) is 17.9 Å². The molecule has 1 N–H and O–H groups in total. The molecular weight excluding hydrogens is 294 g/mol. The minimum atomic E-state index is 0.0192. The Balaban J connectivity index is 1.59. The molecule has 6 nitrogen and oxygen atoms in total. The molecule has 0 spiro atoms. The number of nitrogens with one attached hydrogen (secondary N) is 1. The molecule has 23 heavy (non-hydrogen) atoms. The van der Waals surface area contributed by atoms with Gasteiger partial charge in [0.2, 0.25) is 5.91 Å². The topological polar surface area (TPSA) is 65.4 Å². The summed E-state index contributed by atoms with van der Waals surface area (Å²) in [7, 11) is 3.18. The third-order valence-electron chi connectivity index (χ3n) is 4.11. The third-order valence-corrected chi connectivity index (χ3v) is 4.11. The Hall–Kier alpha value is -2.50. The number of methoxy groups -OCH3 is 2. The second-order valence-electron chi connectivity index (χ2n) is 5.67. The van der Waals surface area contributed by atoms with Gasteiger partial charge in [-0.2, -0.15) is 0 Å². The predicted octanol–water partition coefficient (Wildman–Crippen LogP) is 1.57. The highest BCUT2D eigenvalue weighted by molar-refractivity contribution is 5.79. The number of imidazole rings is 1. The maximum Gasteiger partial charge on any atom is 0.224 e. The lowest BCUT2D eigenvalue weighted by molar-refractivity contribution is -0.121. The molecule has 1 atom stereocenters. The number of ether oxygens (including phenoxy) is 2. The lowest BCUT2D eigenvalue weighted by Gasteiger charge is -2.24. The summed E-state index contributed by atoms with van der Waals surface area (Å²) in [5.74, 6) is 2.41. The number of amides is 1. The second-order valence-corrected chi connectivity index (χ2v) is 5.67. The first-order chi connectivity index (χ1) is 11.2. The van der Waals surface area contributed by atoms with Crippen molar-refractivity contribution >= 4 is 5.91 Å². The van der Waals surface area contributed by atoms with Crippen LogP contribution in [0.5, 0.6) is 11.5 Å². The number of rotatable bonds is 5. The molecule has 3 rings (SSSR count). The van der Waals surface area contributed by atoms with Crippen molar-refractivity contribution in [2.24, 2.45) is 0 Å². The van der Waals surface area contributed by atoms with Crippen molar-refractivity contribution < 1.29 is 14.3 Å². The smallest absolute Gasteiger partial charge is 0.224 e. The molecule has 1 aliphatic heterocycles. The molecular formula is C17H21N3O3. The van der Waals surface area contributed by atoms with E-state index in [1.165, 1.54) is 0 Å². The zero-order valence-corrected chi connectivity index (χ0v) is 13.4. The fourth-order valence-electron chi connectivity index (χ4n) is 2.94. The molecule has 0 bridgehead atoms. The fraction of sp³-hybridized carbons (Fsp3) is 0.412. The van der Waals surface area contributed by atoms with Crippen LogP contribution in [0.2, 0.25) is 0 Å². The van der Waals surface area contributed by atoms with Crippen LogP contribution in [0.4, 0.5) is 0 Å². The Labute approximate surface area is 135 Å². The minimum absolute atomic E-state index is 0.0192. The maximum absolute atomic E-state index is 12.3. The van der Waals surface area contributed by atoms with E-state index >= 15 is 0 Å². The third kappa shape index (κ3) is 3.47. The zero-order valence-electron chi connectivity index (χ0n) is 13.4. The van der Waals surface area contributed by atoms with Crippen molar-refractivity contribution in [1.29, 1.82) is 0 Å². The number of carbonyl (C=O) groups is 1. The largest absolute Gasteiger partial charge is 0.493 e. The Bertz CT molecular complexity index is 696. The van der Waals surface area contributed by atoms with E-state index < -0.39 is 0 Å². The van der Waals surface area contributed by atoms with Gasteiger partial charge in [0.25, 0.3) is 0 Å². The Morgan fingerprint density at radius 1 is 1.35 bits per heavy atom. The number of aromatic nitrogens is 2. The summed E-state index contributed by atoms with van der Waals surface area (Å²) < 4.78 is 12.6. The summed E-state index contributed by atoms with van der Waals surface area (Å²) in [5.41, 5.74) is 0.902. The molecule has 0 unspecified atom stereocenters. The average Bonchev–Trinajstić information content (AvgIpc) is 3.02.